The topological polar surface area (TPSA) is 146 Å². The van der Waals surface area contributed by atoms with E-state index in [1.165, 1.54) is 14.8 Å². The van der Waals surface area contributed by atoms with E-state index in [1.54, 1.807) is 6.07 Å². The molecule has 0 saturated carbocycles. The lowest BCUT2D eigenvalue weighted by Gasteiger charge is -2.38. The molecular weight excluding hydrogens is 683 g/mol. The lowest BCUT2D eigenvalue weighted by molar-refractivity contribution is -0.120. The van der Waals surface area contributed by atoms with E-state index in [2.05, 4.69) is 46.6 Å². The summed E-state index contributed by atoms with van der Waals surface area (Å²) in [6, 6.07) is 13.2. The number of hydrogen-bond acceptors (Lipinski definition) is 8. The number of aromatic nitrogens is 2. The molecule has 0 unspecified atom stereocenters. The summed E-state index contributed by atoms with van der Waals surface area (Å²) in [4.78, 5) is 40.7. The lowest BCUT2D eigenvalue weighted by atomic mass is 9.83. The molecule has 3 aliphatic heterocycles. The van der Waals surface area contributed by atoms with Crippen molar-refractivity contribution in [3.8, 4) is 0 Å². The lowest BCUT2D eigenvalue weighted by Crippen LogP contribution is -2.49. The van der Waals surface area contributed by atoms with E-state index in [1.807, 2.05) is 56.8 Å². The second-order valence-electron chi connectivity index (χ2n) is 16.3. The molecule has 13 nitrogen and oxygen atoms in total. The summed E-state index contributed by atoms with van der Waals surface area (Å²) in [7, 11) is -1.78. The first-order valence-electron chi connectivity index (χ1n) is 18.4. The van der Waals surface area contributed by atoms with Gasteiger partial charge in [-0.25, -0.2) is 18.0 Å². The third-order valence-electron chi connectivity index (χ3n) is 10.3. The number of imide groups is 1. The number of urea groups is 1. The van der Waals surface area contributed by atoms with Crippen LogP contribution in [-0.4, -0.2) is 96.3 Å². The van der Waals surface area contributed by atoms with Crippen molar-refractivity contribution in [1.29, 1.82) is 0 Å². The average Bonchev–Trinajstić information content (AvgIpc) is 3.39. The monoisotopic (exact) mass is 735 g/mol. The van der Waals surface area contributed by atoms with Crippen molar-refractivity contribution in [3.05, 3.63) is 53.6 Å². The number of carbonyl (C=O) groups is 3. The first-order valence-corrected chi connectivity index (χ1v) is 19.8. The molecule has 0 atom stereocenters. The normalized spacial score (nSPS) is 19.2. The van der Waals surface area contributed by atoms with Crippen LogP contribution in [0.25, 0.3) is 10.9 Å². The van der Waals surface area contributed by atoms with E-state index >= 15 is 0 Å². The molecule has 3 aliphatic rings. The van der Waals surface area contributed by atoms with Gasteiger partial charge in [0.25, 0.3) is 0 Å². The minimum Gasteiger partial charge on any atom is -0.444 e. The van der Waals surface area contributed by atoms with Crippen molar-refractivity contribution in [2.45, 2.75) is 95.6 Å². The maximum atomic E-state index is 13.6. The molecule has 6 rings (SSSR count). The molecule has 2 N–H and O–H groups in total. The molecule has 0 radical (unpaired) electrons. The predicted molar refractivity (Wildman–Crippen MR) is 200 cm³/mol. The average molecular weight is 736 g/mol. The van der Waals surface area contributed by atoms with E-state index in [9.17, 15) is 22.8 Å². The first-order chi connectivity index (χ1) is 24.5. The molecule has 14 heteroatoms. The SMILES string of the molecule is Cn1nc(N2CCC(=O)NC2=O)c2ccc(C3CCN(CC(C)(C)Cc4cccc(S(=O)(=O)N5CCC(NC(=O)OC(C)(C)C)CC5)c4)CC3)cc21. The maximum absolute atomic E-state index is 13.6. The Balaban J connectivity index is 1.02. The summed E-state index contributed by atoms with van der Waals surface area (Å²) in [5, 5.41) is 10.8. The Kier molecular flexibility index (Phi) is 10.7. The van der Waals surface area contributed by atoms with E-state index in [-0.39, 0.29) is 23.8 Å². The van der Waals surface area contributed by atoms with Gasteiger partial charge in [0.05, 0.1) is 10.4 Å². The summed E-state index contributed by atoms with van der Waals surface area (Å²) < 4.78 is 36.0. The van der Waals surface area contributed by atoms with E-state index < -0.39 is 27.7 Å². The Bertz CT molecular complexity index is 1920. The van der Waals surface area contributed by atoms with Crippen LogP contribution in [0, 0.1) is 5.41 Å². The molecule has 0 bridgehead atoms. The molecule has 2 aromatic carbocycles. The number of ether oxygens (including phenoxy) is 1. The molecule has 3 saturated heterocycles. The molecule has 0 aliphatic carbocycles. The highest BCUT2D eigenvalue weighted by molar-refractivity contribution is 7.89. The highest BCUT2D eigenvalue weighted by atomic mass is 32.2. The minimum absolute atomic E-state index is 0.0731. The minimum atomic E-state index is -3.66. The highest BCUT2D eigenvalue weighted by Crippen LogP contribution is 2.35. The van der Waals surface area contributed by atoms with Crippen molar-refractivity contribution >= 4 is 44.8 Å². The van der Waals surface area contributed by atoms with Gasteiger partial charge in [-0.15, -0.1) is 0 Å². The van der Waals surface area contributed by atoms with Crippen LogP contribution in [0.2, 0.25) is 0 Å². The molecule has 3 aromatic rings. The fourth-order valence-corrected chi connectivity index (χ4v) is 9.33. The summed E-state index contributed by atoms with van der Waals surface area (Å²) in [5.41, 5.74) is 2.57. The molecule has 1 aromatic heterocycles. The van der Waals surface area contributed by atoms with Crippen molar-refractivity contribution < 1.29 is 27.5 Å². The summed E-state index contributed by atoms with van der Waals surface area (Å²) in [5.74, 6) is 0.723. The smallest absolute Gasteiger partial charge is 0.407 e. The van der Waals surface area contributed by atoms with Gasteiger partial charge in [0, 0.05) is 51.1 Å². The van der Waals surface area contributed by atoms with Gasteiger partial charge in [0.15, 0.2) is 5.82 Å². The van der Waals surface area contributed by atoms with E-state index in [4.69, 9.17) is 4.74 Å². The Hall–Kier alpha value is -4.01. The van der Waals surface area contributed by atoms with Crippen LogP contribution in [0.3, 0.4) is 0 Å². The fraction of sp³-hybridized carbons (Fsp3) is 0.579. The third kappa shape index (κ3) is 8.78. The highest BCUT2D eigenvalue weighted by Gasteiger charge is 2.33. The number of anilines is 1. The molecular formula is C38H53N7O6S. The van der Waals surface area contributed by atoms with Crippen LogP contribution in [0.4, 0.5) is 15.4 Å². The summed E-state index contributed by atoms with van der Waals surface area (Å²) in [6.45, 7) is 13.8. The number of fused-ring (bicyclic) bond motifs is 1. The van der Waals surface area contributed by atoms with Crippen LogP contribution in [0.5, 0.6) is 0 Å². The number of nitrogens with one attached hydrogen (secondary N) is 2. The summed E-state index contributed by atoms with van der Waals surface area (Å²) >= 11 is 0. The Morgan fingerprint density at radius 2 is 1.67 bits per heavy atom. The second kappa shape index (κ2) is 14.8. The zero-order chi connectivity index (χ0) is 37.4. The number of nitrogens with zero attached hydrogens (tertiary/aromatic N) is 5. The molecule has 3 fully saturated rings. The molecule has 282 valence electrons. The molecule has 4 heterocycles. The van der Waals surface area contributed by atoms with Crippen LogP contribution >= 0.6 is 0 Å². The number of aryl methyl sites for hydroxylation is 1. The zero-order valence-electron chi connectivity index (χ0n) is 31.3. The Labute approximate surface area is 307 Å². The van der Waals surface area contributed by atoms with Crippen LogP contribution < -0.4 is 15.5 Å². The second-order valence-corrected chi connectivity index (χ2v) is 18.3. The molecule has 52 heavy (non-hydrogen) atoms. The fourth-order valence-electron chi connectivity index (χ4n) is 7.79. The number of carbonyl (C=O) groups excluding carboxylic acids is 3. The largest absolute Gasteiger partial charge is 0.444 e. The number of likely N-dealkylation sites (tertiary alicyclic amines) is 1. The number of piperidine rings is 2. The van der Waals surface area contributed by atoms with Crippen LogP contribution in [-0.2, 0) is 33.0 Å². The van der Waals surface area contributed by atoms with Crippen LogP contribution in [0.15, 0.2) is 47.4 Å². The van der Waals surface area contributed by atoms with Crippen LogP contribution in [0.1, 0.15) is 83.8 Å². The number of benzene rings is 2. The van der Waals surface area contributed by atoms with Gasteiger partial charge in [-0.2, -0.15) is 9.40 Å². The number of alkyl carbamates (subject to hydrolysis) is 1. The maximum Gasteiger partial charge on any atom is 0.407 e. The van der Waals surface area contributed by atoms with Gasteiger partial charge in [0.1, 0.15) is 5.60 Å². The molecule has 4 amide bonds. The van der Waals surface area contributed by atoms with Crippen molar-refractivity contribution in [2.75, 3.05) is 44.2 Å². The predicted octanol–water partition coefficient (Wildman–Crippen LogP) is 5.15. The third-order valence-corrected chi connectivity index (χ3v) is 12.2. The quantitative estimate of drug-likeness (QED) is 0.307. The zero-order valence-corrected chi connectivity index (χ0v) is 32.1. The molecule has 0 spiro atoms. The van der Waals surface area contributed by atoms with Gasteiger partial charge in [-0.3, -0.25) is 19.7 Å². The summed E-state index contributed by atoms with van der Waals surface area (Å²) in [6.07, 6.45) is 3.65. The number of hydrogen-bond donors (Lipinski definition) is 2. The van der Waals surface area contributed by atoms with Gasteiger partial charge in [0.2, 0.25) is 15.9 Å². The van der Waals surface area contributed by atoms with Crippen molar-refractivity contribution in [1.82, 2.24) is 29.6 Å². The van der Waals surface area contributed by atoms with Crippen molar-refractivity contribution in [3.63, 3.8) is 0 Å². The van der Waals surface area contributed by atoms with E-state index in [0.717, 1.165) is 55.4 Å². The van der Waals surface area contributed by atoms with Gasteiger partial charge < -0.3 is 15.0 Å². The standard InChI is InChI=1S/C38H53N7O6S/c1-37(2,3)51-36(48)39-29-14-19-44(20-15-29)52(49,50)30-9-7-8-26(22-30)24-38(4,5)25-43-17-12-27(13-18-43)28-10-11-31-32(23-28)42(6)41-34(31)45-21-16-33(46)40-35(45)47/h7-11,22-23,27,29H,12-21,24-25H2,1-6H3,(H,39,48)(H,40,46,47). The first kappa shape index (κ1) is 37.7. The van der Waals surface area contributed by atoms with Gasteiger partial charge >= 0.3 is 12.1 Å². The Morgan fingerprint density at radius 1 is 0.962 bits per heavy atom. The van der Waals surface area contributed by atoms with Gasteiger partial charge in [-0.1, -0.05) is 32.0 Å². The number of amides is 4. The Morgan fingerprint density at radius 3 is 2.35 bits per heavy atom. The number of rotatable bonds is 9. The van der Waals surface area contributed by atoms with Crippen molar-refractivity contribution in [2.24, 2.45) is 12.5 Å². The van der Waals surface area contributed by atoms with E-state index in [0.29, 0.717) is 49.1 Å². The number of sulfonamides is 1. The van der Waals surface area contributed by atoms with Gasteiger partial charge in [-0.05, 0) is 113 Å².